The molecule has 1 rings (SSSR count). The minimum atomic E-state index is -2.91. The second-order valence-corrected chi connectivity index (χ2v) is 3.04. The predicted octanol–water partition coefficient (Wildman–Crippen LogP) is 2.41. The summed E-state index contributed by atoms with van der Waals surface area (Å²) in [6.07, 6.45) is -2.19. The van der Waals surface area contributed by atoms with Crippen molar-refractivity contribution in [1.82, 2.24) is 4.98 Å². The number of alkyl halides is 2. The van der Waals surface area contributed by atoms with Crippen LogP contribution >= 0.6 is 15.9 Å². The lowest BCUT2D eigenvalue weighted by atomic mass is 10.2. The molecule has 0 aliphatic carbocycles. The Kier molecular flexibility index (Phi) is 3.27. The van der Waals surface area contributed by atoms with Gasteiger partial charge in [0.15, 0.2) is 0 Å². The van der Waals surface area contributed by atoms with E-state index in [1.165, 1.54) is 0 Å². The fraction of sp³-hybridized carbons (Fsp3) is 0.286. The summed E-state index contributed by atoms with van der Waals surface area (Å²) < 4.78 is 37.0. The van der Waals surface area contributed by atoms with Crippen LogP contribution in [-0.4, -0.2) is 10.1 Å². The highest BCUT2D eigenvalue weighted by atomic mass is 79.9. The fourth-order valence-corrected chi connectivity index (χ4v) is 1.23. The Bertz CT molecular complexity index is 319. The molecule has 0 unspecified atom stereocenters. The summed E-state index contributed by atoms with van der Waals surface area (Å²) in [6, 6.07) is 0. The van der Waals surface area contributed by atoms with Crippen molar-refractivity contribution in [2.24, 2.45) is 0 Å². The first-order valence-electron chi connectivity index (χ1n) is 3.29. The maximum atomic E-state index is 13.0. The molecule has 0 amide bonds. The molecule has 1 aromatic heterocycles. The van der Waals surface area contributed by atoms with Crippen molar-refractivity contribution in [3.63, 3.8) is 0 Å². The third-order valence-electron chi connectivity index (χ3n) is 1.44. The molecule has 1 heterocycles. The molecule has 1 aromatic rings. The molecule has 1 N–H and O–H groups in total. The zero-order valence-corrected chi connectivity index (χ0v) is 7.85. The molecule has 0 saturated carbocycles. The van der Waals surface area contributed by atoms with E-state index in [1.807, 2.05) is 0 Å². The highest BCUT2D eigenvalue weighted by Gasteiger charge is 2.18. The number of aliphatic hydroxyl groups excluding tert-OH is 1. The summed E-state index contributed by atoms with van der Waals surface area (Å²) in [5.74, 6) is -1.07. The second-order valence-electron chi connectivity index (χ2n) is 2.25. The van der Waals surface area contributed by atoms with E-state index in [2.05, 4.69) is 20.9 Å². The Labute approximate surface area is 80.5 Å². The molecule has 0 saturated heterocycles. The molecule has 0 fully saturated rings. The maximum absolute atomic E-state index is 13.0. The molecule has 72 valence electrons. The van der Waals surface area contributed by atoms with Crippen LogP contribution in [0.3, 0.4) is 0 Å². The van der Waals surface area contributed by atoms with E-state index in [0.717, 1.165) is 6.20 Å². The molecule has 6 heteroatoms. The van der Waals surface area contributed by atoms with Crippen molar-refractivity contribution >= 4 is 15.9 Å². The number of hydrogen-bond donors (Lipinski definition) is 1. The first-order valence-corrected chi connectivity index (χ1v) is 4.09. The summed E-state index contributed by atoms with van der Waals surface area (Å²) >= 11 is 2.73. The van der Waals surface area contributed by atoms with Crippen molar-refractivity contribution in [1.29, 1.82) is 0 Å². The van der Waals surface area contributed by atoms with Gasteiger partial charge >= 0.3 is 0 Å². The van der Waals surface area contributed by atoms with E-state index < -0.39 is 24.4 Å². The number of rotatable bonds is 2. The van der Waals surface area contributed by atoms with E-state index in [-0.39, 0.29) is 10.2 Å². The lowest BCUT2D eigenvalue weighted by Crippen LogP contribution is -1.99. The molecule has 13 heavy (non-hydrogen) atoms. The Morgan fingerprint density at radius 1 is 1.54 bits per heavy atom. The number of hydrogen-bond acceptors (Lipinski definition) is 2. The molecule has 0 aromatic carbocycles. The van der Waals surface area contributed by atoms with Gasteiger partial charge in [-0.1, -0.05) is 0 Å². The zero-order chi connectivity index (χ0) is 10.0. The normalized spacial score (nSPS) is 10.9. The average molecular weight is 256 g/mol. The Morgan fingerprint density at radius 3 is 2.62 bits per heavy atom. The number of aromatic nitrogens is 1. The van der Waals surface area contributed by atoms with Crippen molar-refractivity contribution in [3.8, 4) is 0 Å². The summed E-state index contributed by atoms with van der Waals surface area (Å²) in [4.78, 5) is 3.46. The van der Waals surface area contributed by atoms with Crippen LogP contribution in [0.4, 0.5) is 13.2 Å². The van der Waals surface area contributed by atoms with Crippen molar-refractivity contribution in [2.45, 2.75) is 13.0 Å². The van der Waals surface area contributed by atoms with Crippen LogP contribution in [0.5, 0.6) is 0 Å². The first kappa shape index (κ1) is 10.5. The molecule has 2 nitrogen and oxygen atoms in total. The summed E-state index contributed by atoms with van der Waals surface area (Å²) in [7, 11) is 0. The lowest BCUT2D eigenvalue weighted by molar-refractivity contribution is 0.145. The van der Waals surface area contributed by atoms with Gasteiger partial charge < -0.3 is 5.11 Å². The summed E-state index contributed by atoms with van der Waals surface area (Å²) in [6.45, 7) is -0.499. The van der Waals surface area contributed by atoms with E-state index in [9.17, 15) is 13.2 Å². The smallest absolute Gasteiger partial charge is 0.268 e. The third-order valence-corrected chi connectivity index (χ3v) is 2.25. The zero-order valence-electron chi connectivity index (χ0n) is 6.27. The maximum Gasteiger partial charge on any atom is 0.268 e. The Balaban J connectivity index is 3.23. The minimum absolute atomic E-state index is 0.00176. The van der Waals surface area contributed by atoms with Crippen LogP contribution < -0.4 is 0 Å². The van der Waals surface area contributed by atoms with Gasteiger partial charge in [-0.15, -0.1) is 0 Å². The molecule has 0 spiro atoms. The van der Waals surface area contributed by atoms with Crippen LogP contribution in [0.2, 0.25) is 0 Å². The van der Waals surface area contributed by atoms with Gasteiger partial charge in [-0.3, -0.25) is 4.98 Å². The molecule has 0 aliphatic heterocycles. The van der Waals surface area contributed by atoms with E-state index in [0.29, 0.717) is 0 Å². The van der Waals surface area contributed by atoms with Gasteiger partial charge in [0, 0.05) is 6.20 Å². The second kappa shape index (κ2) is 4.06. The van der Waals surface area contributed by atoms with Crippen LogP contribution in [0.15, 0.2) is 10.7 Å². The highest BCUT2D eigenvalue weighted by molar-refractivity contribution is 9.10. The quantitative estimate of drug-likeness (QED) is 0.881. The average Bonchev–Trinajstić information content (AvgIpc) is 2.09. The lowest BCUT2D eigenvalue weighted by Gasteiger charge is -2.05. The largest absolute Gasteiger partial charge is 0.390 e. The monoisotopic (exact) mass is 255 g/mol. The van der Waals surface area contributed by atoms with Crippen molar-refractivity contribution < 1.29 is 18.3 Å². The van der Waals surface area contributed by atoms with Crippen molar-refractivity contribution in [3.05, 3.63) is 27.7 Å². The van der Waals surface area contributed by atoms with Crippen LogP contribution in [0.1, 0.15) is 17.7 Å². The number of pyridine rings is 1. The van der Waals surface area contributed by atoms with Crippen molar-refractivity contribution in [2.75, 3.05) is 0 Å². The van der Waals surface area contributed by atoms with Gasteiger partial charge in [0.25, 0.3) is 6.43 Å². The number of aliphatic hydroxyl groups is 1. The molecule has 0 aliphatic rings. The molecular formula is C7H5BrF3NO. The first-order chi connectivity index (χ1) is 6.07. The Morgan fingerprint density at radius 2 is 2.15 bits per heavy atom. The predicted molar refractivity (Wildman–Crippen MR) is 42.8 cm³/mol. The van der Waals surface area contributed by atoms with E-state index in [1.54, 1.807) is 0 Å². The van der Waals surface area contributed by atoms with Gasteiger partial charge in [-0.05, 0) is 15.9 Å². The van der Waals surface area contributed by atoms with Crippen LogP contribution in [0.25, 0.3) is 0 Å². The van der Waals surface area contributed by atoms with Gasteiger partial charge in [0.05, 0.1) is 22.3 Å². The number of nitrogens with zero attached hydrogens (tertiary/aromatic N) is 1. The van der Waals surface area contributed by atoms with Gasteiger partial charge in [0.1, 0.15) is 5.82 Å². The van der Waals surface area contributed by atoms with Crippen LogP contribution in [-0.2, 0) is 6.61 Å². The minimum Gasteiger partial charge on any atom is -0.390 e. The Hall–Kier alpha value is -0.620. The fourth-order valence-electron chi connectivity index (χ4n) is 0.777. The third kappa shape index (κ3) is 2.00. The standard InChI is InChI=1S/C7H5BrF3NO/c8-5-4(2-13)12-1-3(6(5)9)7(10)11/h1,7,13H,2H2. The van der Waals surface area contributed by atoms with Gasteiger partial charge in [-0.2, -0.15) is 0 Å². The van der Waals surface area contributed by atoms with Gasteiger partial charge in [-0.25, -0.2) is 13.2 Å². The number of halogens is 4. The summed E-state index contributed by atoms with van der Waals surface area (Å²) in [5, 5.41) is 8.63. The van der Waals surface area contributed by atoms with Crippen LogP contribution in [0, 0.1) is 5.82 Å². The topological polar surface area (TPSA) is 33.1 Å². The summed E-state index contributed by atoms with van der Waals surface area (Å²) in [5.41, 5.74) is -0.772. The molecule has 0 radical (unpaired) electrons. The molecule has 0 bridgehead atoms. The SMILES string of the molecule is OCc1ncc(C(F)F)c(F)c1Br. The molecular weight excluding hydrogens is 251 g/mol. The highest BCUT2D eigenvalue weighted by Crippen LogP contribution is 2.28. The van der Waals surface area contributed by atoms with E-state index >= 15 is 0 Å². The van der Waals surface area contributed by atoms with Gasteiger partial charge in [0.2, 0.25) is 0 Å². The molecule has 0 atom stereocenters. The van der Waals surface area contributed by atoms with E-state index in [4.69, 9.17) is 5.11 Å².